The Kier molecular flexibility index (Phi) is 5.60. The molecule has 0 aliphatic rings. The molecule has 1 aromatic carbocycles. The Labute approximate surface area is 165 Å². The summed E-state index contributed by atoms with van der Waals surface area (Å²) in [5.74, 6) is 0.686. The van der Waals surface area contributed by atoms with Crippen molar-refractivity contribution in [3.8, 4) is 0 Å². The molecular weight excluding hydrogens is 374 g/mol. The fraction of sp³-hybridized carbons (Fsp3) is 0.250. The molecule has 0 spiro atoms. The van der Waals surface area contributed by atoms with Gasteiger partial charge in [0.1, 0.15) is 5.82 Å². The second-order valence-corrected chi connectivity index (χ2v) is 9.04. The molecule has 0 amide bonds. The number of sulfonamides is 1. The van der Waals surface area contributed by atoms with Gasteiger partial charge in [0.25, 0.3) is 10.0 Å². The van der Waals surface area contributed by atoms with Crippen molar-refractivity contribution in [2.45, 2.75) is 37.6 Å². The molecule has 0 aliphatic carbocycles. The third-order valence-corrected chi connectivity index (χ3v) is 5.48. The van der Waals surface area contributed by atoms with Gasteiger partial charge in [-0.1, -0.05) is 39.0 Å². The summed E-state index contributed by atoms with van der Waals surface area (Å²) >= 11 is 0. The first-order valence-corrected chi connectivity index (χ1v) is 10.3. The van der Waals surface area contributed by atoms with Crippen molar-refractivity contribution in [1.82, 2.24) is 15.2 Å². The number of nitrogens with one attached hydrogen (secondary N) is 2. The highest BCUT2D eigenvalue weighted by atomic mass is 32.2. The van der Waals surface area contributed by atoms with Gasteiger partial charge < -0.3 is 5.32 Å². The van der Waals surface area contributed by atoms with Crippen molar-refractivity contribution in [3.05, 3.63) is 72.1 Å². The highest BCUT2D eigenvalue weighted by Gasteiger charge is 2.18. The summed E-state index contributed by atoms with van der Waals surface area (Å²) in [4.78, 5) is 4.39. The van der Waals surface area contributed by atoms with E-state index in [2.05, 4.69) is 46.0 Å². The number of nitrogens with zero attached hydrogens (tertiary/aromatic N) is 3. The maximum Gasteiger partial charge on any atom is 0.263 e. The van der Waals surface area contributed by atoms with Crippen LogP contribution >= 0.6 is 0 Å². The molecule has 0 saturated carbocycles. The molecule has 8 heteroatoms. The van der Waals surface area contributed by atoms with Crippen LogP contribution in [-0.4, -0.2) is 23.6 Å². The summed E-state index contributed by atoms with van der Waals surface area (Å²) in [6.07, 6.45) is 1.72. The predicted octanol–water partition coefficient (Wildman–Crippen LogP) is 3.58. The minimum Gasteiger partial charge on any atom is -0.363 e. The zero-order valence-electron chi connectivity index (χ0n) is 16.0. The number of pyridine rings is 1. The fourth-order valence-corrected chi connectivity index (χ4v) is 3.49. The molecule has 0 bridgehead atoms. The number of benzene rings is 1. The number of aromatic nitrogens is 3. The van der Waals surface area contributed by atoms with Crippen LogP contribution in [0.25, 0.3) is 0 Å². The molecule has 7 nitrogen and oxygen atoms in total. The van der Waals surface area contributed by atoms with E-state index in [1.165, 1.54) is 0 Å². The van der Waals surface area contributed by atoms with Crippen LogP contribution in [0, 0.1) is 0 Å². The van der Waals surface area contributed by atoms with Gasteiger partial charge in [-0.3, -0.25) is 9.71 Å². The molecule has 0 atom stereocenters. The quantitative estimate of drug-likeness (QED) is 0.660. The largest absolute Gasteiger partial charge is 0.363 e. The molecule has 146 valence electrons. The third kappa shape index (κ3) is 5.04. The monoisotopic (exact) mass is 397 g/mol. The van der Waals surface area contributed by atoms with Gasteiger partial charge in [-0.15, -0.1) is 10.2 Å². The lowest BCUT2D eigenvalue weighted by molar-refractivity contribution is 0.587. The number of rotatable bonds is 6. The molecule has 2 N–H and O–H groups in total. The van der Waals surface area contributed by atoms with E-state index in [1.807, 2.05) is 30.3 Å². The van der Waals surface area contributed by atoms with Gasteiger partial charge in [0.05, 0.1) is 17.1 Å². The van der Waals surface area contributed by atoms with Crippen LogP contribution in [0.3, 0.4) is 0 Å². The van der Waals surface area contributed by atoms with Crippen molar-refractivity contribution < 1.29 is 8.42 Å². The Morgan fingerprint density at radius 3 is 2.14 bits per heavy atom. The Bertz CT molecular complexity index is 1010. The van der Waals surface area contributed by atoms with E-state index < -0.39 is 10.0 Å². The van der Waals surface area contributed by atoms with Gasteiger partial charge >= 0.3 is 0 Å². The minimum absolute atomic E-state index is 0.0424. The lowest BCUT2D eigenvalue weighted by Crippen LogP contribution is -2.16. The average Bonchev–Trinajstić information content (AvgIpc) is 2.67. The van der Waals surface area contributed by atoms with Crippen molar-refractivity contribution >= 4 is 21.7 Å². The first kappa shape index (κ1) is 19.8. The van der Waals surface area contributed by atoms with Crippen LogP contribution in [-0.2, 0) is 22.0 Å². The highest BCUT2D eigenvalue weighted by molar-refractivity contribution is 7.92. The molecule has 0 saturated heterocycles. The third-order valence-electron chi connectivity index (χ3n) is 4.11. The van der Waals surface area contributed by atoms with Crippen LogP contribution in [0.15, 0.2) is 65.7 Å². The maximum absolute atomic E-state index is 12.6. The van der Waals surface area contributed by atoms with Crippen molar-refractivity contribution in [3.63, 3.8) is 0 Å². The molecule has 28 heavy (non-hydrogen) atoms. The summed E-state index contributed by atoms with van der Waals surface area (Å²) in [5, 5.41) is 11.0. The van der Waals surface area contributed by atoms with E-state index in [0.717, 1.165) is 11.3 Å². The topological polar surface area (TPSA) is 96.9 Å². The number of anilines is 2. The van der Waals surface area contributed by atoms with E-state index in [9.17, 15) is 8.42 Å². The SMILES string of the molecule is CC(C)(C)c1ccc(S(=O)(=O)Nc2ccc(NCc3ccccn3)nn2)cc1. The summed E-state index contributed by atoms with van der Waals surface area (Å²) in [5.41, 5.74) is 1.89. The molecule has 2 aromatic heterocycles. The first-order chi connectivity index (χ1) is 13.2. The van der Waals surface area contributed by atoms with E-state index >= 15 is 0 Å². The Balaban J connectivity index is 1.65. The van der Waals surface area contributed by atoms with Crippen LogP contribution in [0.2, 0.25) is 0 Å². The molecule has 0 radical (unpaired) electrons. The van der Waals surface area contributed by atoms with Crippen molar-refractivity contribution in [1.29, 1.82) is 0 Å². The Morgan fingerprint density at radius 1 is 0.893 bits per heavy atom. The van der Waals surface area contributed by atoms with E-state index in [-0.39, 0.29) is 16.1 Å². The number of hydrogen-bond donors (Lipinski definition) is 2. The summed E-state index contributed by atoms with van der Waals surface area (Å²) in [6, 6.07) is 15.7. The van der Waals surface area contributed by atoms with Gasteiger partial charge in [-0.05, 0) is 47.4 Å². The summed E-state index contributed by atoms with van der Waals surface area (Å²) in [6.45, 7) is 6.73. The van der Waals surface area contributed by atoms with E-state index in [0.29, 0.717) is 12.4 Å². The van der Waals surface area contributed by atoms with Crippen LogP contribution in [0.4, 0.5) is 11.6 Å². The van der Waals surface area contributed by atoms with Gasteiger partial charge in [-0.2, -0.15) is 0 Å². The zero-order valence-corrected chi connectivity index (χ0v) is 16.9. The van der Waals surface area contributed by atoms with Gasteiger partial charge in [0.2, 0.25) is 0 Å². The van der Waals surface area contributed by atoms with Gasteiger partial charge in [0.15, 0.2) is 5.82 Å². The standard InChI is InChI=1S/C20H23N5O2S/c1-20(2,3)15-7-9-17(10-8-15)28(26,27)25-19-12-11-18(23-24-19)22-14-16-6-4-5-13-21-16/h4-13H,14H2,1-3H3,(H,22,23)(H,24,25). The maximum atomic E-state index is 12.6. The van der Waals surface area contributed by atoms with Crippen LogP contribution in [0.5, 0.6) is 0 Å². The Hall–Kier alpha value is -3.00. The second-order valence-electron chi connectivity index (χ2n) is 7.36. The molecule has 3 rings (SSSR count). The fourth-order valence-electron chi connectivity index (χ4n) is 2.50. The summed E-state index contributed by atoms with van der Waals surface area (Å²) < 4.78 is 27.6. The summed E-state index contributed by atoms with van der Waals surface area (Å²) in [7, 11) is -3.73. The molecule has 0 aliphatic heterocycles. The molecule has 3 aromatic rings. The first-order valence-electron chi connectivity index (χ1n) is 8.85. The Morgan fingerprint density at radius 2 is 1.57 bits per heavy atom. The normalized spacial score (nSPS) is 11.8. The number of hydrogen-bond acceptors (Lipinski definition) is 6. The predicted molar refractivity (Wildman–Crippen MR) is 110 cm³/mol. The van der Waals surface area contributed by atoms with Crippen molar-refractivity contribution in [2.24, 2.45) is 0 Å². The van der Waals surface area contributed by atoms with Crippen molar-refractivity contribution in [2.75, 3.05) is 10.0 Å². The average molecular weight is 398 g/mol. The second kappa shape index (κ2) is 7.93. The van der Waals surface area contributed by atoms with Crippen LogP contribution in [0.1, 0.15) is 32.0 Å². The lowest BCUT2D eigenvalue weighted by Gasteiger charge is -2.19. The highest BCUT2D eigenvalue weighted by Crippen LogP contribution is 2.24. The van der Waals surface area contributed by atoms with Gasteiger partial charge in [-0.25, -0.2) is 8.42 Å². The zero-order chi connectivity index (χ0) is 20.2. The molecular formula is C20H23N5O2S. The van der Waals surface area contributed by atoms with Crippen LogP contribution < -0.4 is 10.0 Å². The van der Waals surface area contributed by atoms with E-state index in [4.69, 9.17) is 0 Å². The molecule has 0 fully saturated rings. The van der Waals surface area contributed by atoms with E-state index in [1.54, 1.807) is 30.5 Å². The van der Waals surface area contributed by atoms with Gasteiger partial charge in [0, 0.05) is 6.20 Å². The lowest BCUT2D eigenvalue weighted by atomic mass is 9.87. The minimum atomic E-state index is -3.73. The molecule has 2 heterocycles. The smallest absolute Gasteiger partial charge is 0.263 e. The molecule has 0 unspecified atom stereocenters.